The molecule has 0 saturated carbocycles. The average molecular weight is 483 g/mol. The Balaban J connectivity index is 1.52. The molecule has 0 fully saturated rings. The maximum Gasteiger partial charge on any atom is 0.279 e. The first kappa shape index (κ1) is 23.4. The fraction of sp³-hybridized carbons (Fsp3) is 0.167. The molecule has 0 spiro atoms. The maximum absolute atomic E-state index is 13.0. The summed E-state index contributed by atoms with van der Waals surface area (Å²) >= 11 is 0. The minimum atomic E-state index is -4.19. The Morgan fingerprint density at radius 2 is 1.65 bits per heavy atom. The first-order valence-electron chi connectivity index (χ1n) is 10.3. The Labute approximate surface area is 196 Å². The highest BCUT2D eigenvalue weighted by Crippen LogP contribution is 2.29. The number of rotatable bonds is 8. The fourth-order valence-corrected chi connectivity index (χ4v) is 5.25. The van der Waals surface area contributed by atoms with Gasteiger partial charge in [-0.2, -0.15) is 0 Å². The predicted octanol–water partition coefficient (Wildman–Crippen LogP) is 1.94. The summed E-state index contributed by atoms with van der Waals surface area (Å²) in [5.41, 5.74) is 0.720. The second-order valence-electron chi connectivity index (χ2n) is 7.88. The minimum absolute atomic E-state index is 0.163. The van der Waals surface area contributed by atoms with E-state index in [4.69, 9.17) is 9.94 Å². The lowest BCUT2D eigenvalue weighted by Crippen LogP contribution is -2.54. The maximum atomic E-state index is 13.0. The molecule has 1 unspecified atom stereocenters. The molecule has 1 aliphatic rings. The van der Waals surface area contributed by atoms with E-state index in [1.165, 1.54) is 34.6 Å². The summed E-state index contributed by atoms with van der Waals surface area (Å²) in [7, 11) is -4.19. The molecule has 0 saturated heterocycles. The molecule has 176 valence electrons. The summed E-state index contributed by atoms with van der Waals surface area (Å²) < 4.78 is 31.4. The van der Waals surface area contributed by atoms with Crippen LogP contribution < -0.4 is 15.1 Å². The lowest BCUT2D eigenvalue weighted by molar-refractivity contribution is -0.149. The van der Waals surface area contributed by atoms with Crippen molar-refractivity contribution in [3.05, 3.63) is 90.0 Å². The molecule has 0 bridgehead atoms. The van der Waals surface area contributed by atoms with Crippen LogP contribution in [0.15, 0.2) is 83.8 Å². The third-order valence-electron chi connectivity index (χ3n) is 5.50. The highest BCUT2D eigenvalue weighted by molar-refractivity contribution is 7.91. The third kappa shape index (κ3) is 4.65. The van der Waals surface area contributed by atoms with Crippen LogP contribution in [0.25, 0.3) is 0 Å². The number of aliphatic hydroxyl groups is 1. The summed E-state index contributed by atoms with van der Waals surface area (Å²) in [5.74, 6) is -2.22. The van der Waals surface area contributed by atoms with E-state index >= 15 is 0 Å². The van der Waals surface area contributed by atoms with E-state index in [1.807, 2.05) is 12.1 Å². The Morgan fingerprint density at radius 3 is 2.29 bits per heavy atom. The van der Waals surface area contributed by atoms with Crippen molar-refractivity contribution in [2.24, 2.45) is 0 Å². The second-order valence-corrected chi connectivity index (χ2v) is 9.87. The number of hydrogen-bond acceptors (Lipinski definition) is 7. The Bertz CT molecular complexity index is 1310. The number of hydroxylamine groups is 1. The second kappa shape index (κ2) is 9.26. The quantitative estimate of drug-likeness (QED) is 0.330. The van der Waals surface area contributed by atoms with Gasteiger partial charge in [-0.25, -0.2) is 13.9 Å². The highest BCUT2D eigenvalue weighted by Gasteiger charge is 2.42. The standard InChI is InChI=1S/C24H22N2O7S/c27-22-21-9-5-4-6-17(21)14-26(22)18-10-12-20(13-11-18)34(31,32)16-24(29,23(28)25-30)15-33-19-7-2-1-3-8-19/h1-13,29-30H,14-16H2,(H,25,28). The molecule has 1 aliphatic heterocycles. The molecule has 1 heterocycles. The molecule has 3 aromatic carbocycles. The van der Waals surface area contributed by atoms with Crippen LogP contribution in [0.5, 0.6) is 5.75 Å². The number of sulfone groups is 1. The van der Waals surface area contributed by atoms with Crippen LogP contribution in [0, 0.1) is 0 Å². The minimum Gasteiger partial charge on any atom is -0.490 e. The molecule has 0 aliphatic carbocycles. The molecule has 0 aromatic heterocycles. The van der Waals surface area contributed by atoms with E-state index in [0.717, 1.165) is 5.56 Å². The molecular weight excluding hydrogens is 460 g/mol. The van der Waals surface area contributed by atoms with Gasteiger partial charge >= 0.3 is 0 Å². The van der Waals surface area contributed by atoms with E-state index in [-0.39, 0.29) is 10.8 Å². The van der Waals surface area contributed by atoms with E-state index in [2.05, 4.69) is 0 Å². The molecule has 1 atom stereocenters. The zero-order valence-electron chi connectivity index (χ0n) is 17.9. The van der Waals surface area contributed by atoms with Crippen molar-refractivity contribution in [1.29, 1.82) is 0 Å². The van der Waals surface area contributed by atoms with E-state index in [9.17, 15) is 23.1 Å². The smallest absolute Gasteiger partial charge is 0.279 e. The van der Waals surface area contributed by atoms with Crippen LogP contribution >= 0.6 is 0 Å². The summed E-state index contributed by atoms with van der Waals surface area (Å²) in [5, 5.41) is 19.8. The lowest BCUT2D eigenvalue weighted by Gasteiger charge is -2.25. The van der Waals surface area contributed by atoms with E-state index < -0.39 is 33.7 Å². The molecule has 0 radical (unpaired) electrons. The number of ether oxygens (including phenoxy) is 1. The number of nitrogens with zero attached hydrogens (tertiary/aromatic N) is 1. The van der Waals surface area contributed by atoms with Gasteiger partial charge < -0.3 is 14.7 Å². The summed E-state index contributed by atoms with van der Waals surface area (Å²) in [6, 6.07) is 21.0. The van der Waals surface area contributed by atoms with Crippen molar-refractivity contribution in [2.45, 2.75) is 17.0 Å². The van der Waals surface area contributed by atoms with Crippen molar-refractivity contribution in [3.63, 3.8) is 0 Å². The summed E-state index contributed by atoms with van der Waals surface area (Å²) in [6.07, 6.45) is 0. The van der Waals surface area contributed by atoms with Crippen LogP contribution in [0.2, 0.25) is 0 Å². The molecule has 4 rings (SSSR count). The van der Waals surface area contributed by atoms with Crippen LogP contribution in [-0.4, -0.2) is 48.5 Å². The molecule has 34 heavy (non-hydrogen) atoms. The number of nitrogens with one attached hydrogen (secondary N) is 1. The van der Waals surface area contributed by atoms with E-state index in [1.54, 1.807) is 42.5 Å². The number of hydrogen-bond donors (Lipinski definition) is 3. The Kier molecular flexibility index (Phi) is 6.38. The van der Waals surface area contributed by atoms with Gasteiger partial charge in [0, 0.05) is 11.3 Å². The SMILES string of the molecule is O=C1c2ccccc2CN1c1ccc(S(=O)(=O)CC(O)(COc2ccccc2)C(=O)NO)cc1. The summed E-state index contributed by atoms with van der Waals surface area (Å²) in [6.45, 7) is -0.338. The van der Waals surface area contributed by atoms with Crippen LogP contribution in [0.3, 0.4) is 0 Å². The molecule has 2 amide bonds. The van der Waals surface area contributed by atoms with Gasteiger partial charge in [0.1, 0.15) is 12.4 Å². The van der Waals surface area contributed by atoms with Gasteiger partial charge in [0.05, 0.1) is 17.2 Å². The van der Waals surface area contributed by atoms with Crippen molar-refractivity contribution in [2.75, 3.05) is 17.3 Å². The van der Waals surface area contributed by atoms with Gasteiger partial charge in [-0.15, -0.1) is 0 Å². The first-order chi connectivity index (χ1) is 16.2. The third-order valence-corrected chi connectivity index (χ3v) is 7.35. The van der Waals surface area contributed by atoms with Gasteiger partial charge in [0.15, 0.2) is 15.4 Å². The largest absolute Gasteiger partial charge is 0.490 e. The van der Waals surface area contributed by atoms with E-state index in [0.29, 0.717) is 23.5 Å². The number of carbonyl (C=O) groups excluding carboxylic acids is 2. The molecule has 3 aromatic rings. The predicted molar refractivity (Wildman–Crippen MR) is 122 cm³/mol. The molecule has 10 heteroatoms. The number of fused-ring (bicyclic) bond motifs is 1. The number of carbonyl (C=O) groups is 2. The summed E-state index contributed by atoms with van der Waals surface area (Å²) in [4.78, 5) is 26.2. The van der Waals surface area contributed by atoms with Gasteiger partial charge in [-0.05, 0) is 48.0 Å². The lowest BCUT2D eigenvalue weighted by atomic mass is 10.1. The van der Waals surface area contributed by atoms with Crippen LogP contribution in [0.4, 0.5) is 5.69 Å². The monoisotopic (exact) mass is 482 g/mol. The van der Waals surface area contributed by atoms with Crippen molar-refractivity contribution in [3.8, 4) is 5.75 Å². The molecular formula is C24H22N2O7S. The normalized spacial score (nSPS) is 14.9. The topological polar surface area (TPSA) is 133 Å². The zero-order chi connectivity index (χ0) is 24.3. The average Bonchev–Trinajstić information content (AvgIpc) is 3.19. The first-order valence-corrected chi connectivity index (χ1v) is 12.0. The number of amides is 2. The zero-order valence-corrected chi connectivity index (χ0v) is 18.7. The van der Waals surface area contributed by atoms with Crippen molar-refractivity contribution < 1.29 is 33.1 Å². The number of anilines is 1. The van der Waals surface area contributed by atoms with Crippen molar-refractivity contribution in [1.82, 2.24) is 5.48 Å². The Morgan fingerprint density at radius 1 is 1.00 bits per heavy atom. The fourth-order valence-electron chi connectivity index (χ4n) is 3.69. The number of para-hydroxylation sites is 1. The molecule has 9 nitrogen and oxygen atoms in total. The van der Waals surface area contributed by atoms with Crippen LogP contribution in [-0.2, 0) is 21.2 Å². The van der Waals surface area contributed by atoms with Crippen molar-refractivity contribution >= 4 is 27.3 Å². The molecule has 3 N–H and O–H groups in total. The van der Waals surface area contributed by atoms with Gasteiger partial charge in [-0.1, -0.05) is 36.4 Å². The van der Waals surface area contributed by atoms with Gasteiger partial charge in [0.25, 0.3) is 11.8 Å². The highest BCUT2D eigenvalue weighted by atomic mass is 32.2. The Hall–Kier alpha value is -3.73. The van der Waals surface area contributed by atoms with Gasteiger partial charge in [-0.3, -0.25) is 14.8 Å². The number of benzene rings is 3. The van der Waals surface area contributed by atoms with Crippen LogP contribution in [0.1, 0.15) is 15.9 Å². The van der Waals surface area contributed by atoms with Gasteiger partial charge in [0.2, 0.25) is 0 Å².